The van der Waals surface area contributed by atoms with E-state index in [1.165, 1.54) is 25.7 Å². The summed E-state index contributed by atoms with van der Waals surface area (Å²) in [5, 5.41) is 7.03. The highest BCUT2D eigenvalue weighted by Gasteiger charge is 2.33. The van der Waals surface area contributed by atoms with Gasteiger partial charge in [-0.15, -0.1) is 0 Å². The highest BCUT2D eigenvalue weighted by molar-refractivity contribution is 5.79. The highest BCUT2D eigenvalue weighted by atomic mass is 16.5. The molecule has 1 fully saturated rings. The Balaban J connectivity index is 2.38. The molecule has 0 saturated heterocycles. The van der Waals surface area contributed by atoms with Gasteiger partial charge in [0.15, 0.2) is 5.96 Å². The SMILES string of the molecule is CCOCCC1(CNC(=NC)NCCN(CC)C(C)C)CCCC1. The summed E-state index contributed by atoms with van der Waals surface area (Å²) < 4.78 is 5.60. The van der Waals surface area contributed by atoms with E-state index in [0.29, 0.717) is 11.5 Å². The van der Waals surface area contributed by atoms with E-state index in [4.69, 9.17) is 4.74 Å². The average molecular weight is 341 g/mol. The van der Waals surface area contributed by atoms with Gasteiger partial charge in [-0.3, -0.25) is 9.89 Å². The van der Waals surface area contributed by atoms with Crippen molar-refractivity contribution in [3.8, 4) is 0 Å². The summed E-state index contributed by atoms with van der Waals surface area (Å²) >= 11 is 0. The molecule has 0 atom stereocenters. The Kier molecular flexibility index (Phi) is 10.3. The zero-order valence-corrected chi connectivity index (χ0v) is 16.7. The van der Waals surface area contributed by atoms with E-state index in [-0.39, 0.29) is 0 Å². The first kappa shape index (κ1) is 21.2. The van der Waals surface area contributed by atoms with Crippen LogP contribution in [0.5, 0.6) is 0 Å². The van der Waals surface area contributed by atoms with Crippen LogP contribution in [0.25, 0.3) is 0 Å². The molecule has 1 rings (SSSR count). The van der Waals surface area contributed by atoms with Gasteiger partial charge in [-0.25, -0.2) is 0 Å². The van der Waals surface area contributed by atoms with Gasteiger partial charge in [0.2, 0.25) is 0 Å². The van der Waals surface area contributed by atoms with Gasteiger partial charge in [0.05, 0.1) is 0 Å². The second-order valence-electron chi connectivity index (χ2n) is 7.23. The number of ether oxygens (including phenoxy) is 1. The molecule has 2 N–H and O–H groups in total. The first-order valence-corrected chi connectivity index (χ1v) is 9.83. The van der Waals surface area contributed by atoms with Gasteiger partial charge in [0, 0.05) is 45.9 Å². The van der Waals surface area contributed by atoms with Gasteiger partial charge in [0.25, 0.3) is 0 Å². The Bertz CT molecular complexity index is 351. The predicted molar refractivity (Wildman–Crippen MR) is 104 cm³/mol. The van der Waals surface area contributed by atoms with Crippen molar-refractivity contribution in [1.29, 1.82) is 0 Å². The molecule has 0 spiro atoms. The molecule has 142 valence electrons. The van der Waals surface area contributed by atoms with Gasteiger partial charge in [0.1, 0.15) is 0 Å². The lowest BCUT2D eigenvalue weighted by molar-refractivity contribution is 0.105. The predicted octanol–water partition coefficient (Wildman–Crippen LogP) is 2.87. The molecule has 0 unspecified atom stereocenters. The van der Waals surface area contributed by atoms with Gasteiger partial charge in [-0.05, 0) is 52.0 Å². The molecule has 1 saturated carbocycles. The van der Waals surface area contributed by atoms with E-state index in [0.717, 1.165) is 51.8 Å². The molecule has 0 bridgehead atoms. The van der Waals surface area contributed by atoms with Crippen LogP contribution in [-0.4, -0.2) is 63.3 Å². The fourth-order valence-corrected chi connectivity index (χ4v) is 3.66. The van der Waals surface area contributed by atoms with Crippen LogP contribution in [-0.2, 0) is 4.74 Å². The van der Waals surface area contributed by atoms with Crippen LogP contribution < -0.4 is 10.6 Å². The van der Waals surface area contributed by atoms with Gasteiger partial charge >= 0.3 is 0 Å². The number of guanidine groups is 1. The van der Waals surface area contributed by atoms with E-state index in [9.17, 15) is 0 Å². The van der Waals surface area contributed by atoms with Crippen LogP contribution in [0.15, 0.2) is 4.99 Å². The third kappa shape index (κ3) is 7.39. The molecule has 0 aliphatic heterocycles. The molecule has 24 heavy (non-hydrogen) atoms. The Hall–Kier alpha value is -0.810. The maximum absolute atomic E-state index is 5.60. The number of hydrogen-bond donors (Lipinski definition) is 2. The van der Waals surface area contributed by atoms with Crippen LogP contribution in [0.1, 0.15) is 59.8 Å². The minimum absolute atomic E-state index is 0.389. The lowest BCUT2D eigenvalue weighted by Crippen LogP contribution is -2.46. The molecule has 5 nitrogen and oxygen atoms in total. The molecular formula is C19H40N4O. The Morgan fingerprint density at radius 2 is 1.92 bits per heavy atom. The fraction of sp³-hybridized carbons (Fsp3) is 0.947. The number of nitrogens with zero attached hydrogens (tertiary/aromatic N) is 2. The molecular weight excluding hydrogens is 300 g/mol. The minimum atomic E-state index is 0.389. The summed E-state index contributed by atoms with van der Waals surface area (Å²) in [6.45, 7) is 14.5. The zero-order chi connectivity index (χ0) is 17.8. The van der Waals surface area contributed by atoms with E-state index in [1.807, 2.05) is 7.05 Å². The van der Waals surface area contributed by atoms with Crippen molar-refractivity contribution in [2.45, 2.75) is 65.8 Å². The van der Waals surface area contributed by atoms with Crippen molar-refractivity contribution in [3.05, 3.63) is 0 Å². The smallest absolute Gasteiger partial charge is 0.191 e. The van der Waals surface area contributed by atoms with Crippen molar-refractivity contribution in [3.63, 3.8) is 0 Å². The van der Waals surface area contributed by atoms with E-state index in [1.54, 1.807) is 0 Å². The molecule has 0 aromatic rings. The maximum Gasteiger partial charge on any atom is 0.191 e. The number of nitrogens with one attached hydrogen (secondary N) is 2. The van der Waals surface area contributed by atoms with Gasteiger partial charge < -0.3 is 15.4 Å². The summed E-state index contributed by atoms with van der Waals surface area (Å²) in [5.74, 6) is 0.928. The molecule has 1 aliphatic carbocycles. The summed E-state index contributed by atoms with van der Waals surface area (Å²) in [5.41, 5.74) is 0.389. The molecule has 5 heteroatoms. The van der Waals surface area contributed by atoms with E-state index in [2.05, 4.69) is 48.2 Å². The van der Waals surface area contributed by atoms with Crippen molar-refractivity contribution in [1.82, 2.24) is 15.5 Å². The number of aliphatic imine (C=N–C) groups is 1. The van der Waals surface area contributed by atoms with E-state index < -0.39 is 0 Å². The summed E-state index contributed by atoms with van der Waals surface area (Å²) in [4.78, 5) is 6.85. The summed E-state index contributed by atoms with van der Waals surface area (Å²) in [6.07, 6.45) is 6.46. The quantitative estimate of drug-likeness (QED) is 0.345. The molecule has 0 aromatic carbocycles. The summed E-state index contributed by atoms with van der Waals surface area (Å²) in [6, 6.07) is 0.590. The molecule has 0 heterocycles. The lowest BCUT2D eigenvalue weighted by atomic mass is 9.83. The minimum Gasteiger partial charge on any atom is -0.382 e. The Labute approximate surface area is 149 Å². The summed E-state index contributed by atoms with van der Waals surface area (Å²) in [7, 11) is 1.86. The third-order valence-corrected chi connectivity index (χ3v) is 5.33. The van der Waals surface area contributed by atoms with Crippen molar-refractivity contribution in [2.24, 2.45) is 10.4 Å². The monoisotopic (exact) mass is 340 g/mol. The molecule has 0 amide bonds. The van der Waals surface area contributed by atoms with Crippen LogP contribution in [0, 0.1) is 5.41 Å². The standard InChI is InChI=1S/C19H40N4O/c1-6-23(17(3)4)14-13-21-18(20-5)22-16-19(10-8-9-11-19)12-15-24-7-2/h17H,6-16H2,1-5H3,(H2,20,21,22). The van der Waals surface area contributed by atoms with Crippen LogP contribution in [0.4, 0.5) is 0 Å². The van der Waals surface area contributed by atoms with Crippen molar-refractivity contribution in [2.75, 3.05) is 46.4 Å². The first-order chi connectivity index (χ1) is 11.6. The third-order valence-electron chi connectivity index (χ3n) is 5.33. The largest absolute Gasteiger partial charge is 0.382 e. The number of hydrogen-bond acceptors (Lipinski definition) is 3. The average Bonchev–Trinajstić information content (AvgIpc) is 3.03. The van der Waals surface area contributed by atoms with Gasteiger partial charge in [-0.1, -0.05) is 19.8 Å². The second-order valence-corrected chi connectivity index (χ2v) is 7.23. The first-order valence-electron chi connectivity index (χ1n) is 9.83. The van der Waals surface area contributed by atoms with Crippen molar-refractivity contribution < 1.29 is 4.74 Å². The second kappa shape index (κ2) is 11.7. The normalized spacial score (nSPS) is 17.7. The van der Waals surface area contributed by atoms with Crippen LogP contribution >= 0.6 is 0 Å². The maximum atomic E-state index is 5.60. The number of rotatable bonds is 11. The fourth-order valence-electron chi connectivity index (χ4n) is 3.66. The molecule has 1 aliphatic rings. The Morgan fingerprint density at radius 1 is 1.21 bits per heavy atom. The van der Waals surface area contributed by atoms with E-state index >= 15 is 0 Å². The zero-order valence-electron chi connectivity index (χ0n) is 16.7. The van der Waals surface area contributed by atoms with Gasteiger partial charge in [-0.2, -0.15) is 0 Å². The lowest BCUT2D eigenvalue weighted by Gasteiger charge is -2.30. The van der Waals surface area contributed by atoms with Crippen LogP contribution in [0.2, 0.25) is 0 Å². The van der Waals surface area contributed by atoms with Crippen LogP contribution in [0.3, 0.4) is 0 Å². The molecule has 0 aromatic heterocycles. The Morgan fingerprint density at radius 3 is 2.46 bits per heavy atom. The van der Waals surface area contributed by atoms with Crippen molar-refractivity contribution >= 4 is 5.96 Å². The molecule has 0 radical (unpaired) electrons. The number of likely N-dealkylation sites (N-methyl/N-ethyl adjacent to an activating group) is 1. The topological polar surface area (TPSA) is 48.9 Å². The highest BCUT2D eigenvalue weighted by Crippen LogP contribution is 2.40.